The van der Waals surface area contributed by atoms with Gasteiger partial charge in [0, 0.05) is 0 Å². The van der Waals surface area contributed by atoms with Gasteiger partial charge in [0.2, 0.25) is 0 Å². The molecule has 5 heteroatoms. The van der Waals surface area contributed by atoms with Crippen molar-refractivity contribution in [3.8, 4) is 0 Å². The molecule has 0 spiro atoms. The van der Waals surface area contributed by atoms with Gasteiger partial charge < -0.3 is 0 Å². The van der Waals surface area contributed by atoms with Gasteiger partial charge in [-0.05, 0) is 60.8 Å². The Morgan fingerprint density at radius 1 is 0.833 bits per heavy atom. The molecule has 0 aliphatic carbocycles. The third-order valence-electron chi connectivity index (χ3n) is 4.35. The van der Waals surface area contributed by atoms with E-state index in [9.17, 15) is 8.42 Å². The molecule has 1 rings (SSSR count). The molecule has 0 amide bonds. The highest BCUT2D eigenvalue weighted by molar-refractivity contribution is 7.80. The van der Waals surface area contributed by atoms with Gasteiger partial charge in [-0.3, -0.25) is 4.55 Å². The minimum Gasteiger partial charge on any atom is -0.264 e. The van der Waals surface area contributed by atoms with Crippen LogP contribution in [0.3, 0.4) is 0 Å². The summed E-state index contributed by atoms with van der Waals surface area (Å²) < 4.78 is 35.4. The van der Waals surface area contributed by atoms with E-state index in [1.165, 1.54) is 16.7 Å². The van der Waals surface area contributed by atoms with Crippen molar-refractivity contribution in [2.24, 2.45) is 0 Å². The van der Waals surface area contributed by atoms with Gasteiger partial charge in [-0.2, -0.15) is 8.42 Å². The second-order valence-electron chi connectivity index (χ2n) is 6.34. The van der Waals surface area contributed by atoms with E-state index in [1.807, 2.05) is 6.07 Å². The molecule has 138 valence electrons. The summed E-state index contributed by atoms with van der Waals surface area (Å²) in [6, 6.07) is 4.08. The zero-order valence-corrected chi connectivity index (χ0v) is 16.1. The molecule has 0 aliphatic heterocycles. The van der Waals surface area contributed by atoms with Crippen LogP contribution < -0.4 is 0 Å². The second kappa shape index (κ2) is 10.9. The first kappa shape index (κ1) is 21.1. The van der Waals surface area contributed by atoms with Crippen LogP contribution in [0, 0.1) is 0 Å². The van der Waals surface area contributed by atoms with E-state index < -0.39 is 10.4 Å². The summed E-state index contributed by atoms with van der Waals surface area (Å²) in [7, 11) is -4.41. The lowest BCUT2D eigenvalue weighted by atomic mass is 9.88. The van der Waals surface area contributed by atoms with Crippen LogP contribution in [0.25, 0.3) is 0 Å². The Morgan fingerprint density at radius 3 is 1.79 bits per heavy atom. The van der Waals surface area contributed by atoms with Gasteiger partial charge in [-0.15, -0.1) is 0 Å². The maximum Gasteiger partial charge on any atom is 0.397 e. The molecule has 0 bridgehead atoms. The van der Waals surface area contributed by atoms with Crippen molar-refractivity contribution in [2.75, 3.05) is 0 Å². The van der Waals surface area contributed by atoms with Crippen molar-refractivity contribution in [3.63, 3.8) is 0 Å². The Balaban J connectivity index is 3.20. The van der Waals surface area contributed by atoms with E-state index in [0.717, 1.165) is 63.4 Å². The smallest absolute Gasteiger partial charge is 0.264 e. The number of benzene rings is 1. The molecule has 0 fully saturated rings. The quantitative estimate of drug-likeness (QED) is 0.533. The third kappa shape index (κ3) is 7.32. The fourth-order valence-corrected chi connectivity index (χ4v) is 3.27. The van der Waals surface area contributed by atoms with E-state index in [0.29, 0.717) is 0 Å². The van der Waals surface area contributed by atoms with Gasteiger partial charge in [0.05, 0.1) is 6.61 Å². The fourth-order valence-electron chi connectivity index (χ4n) is 2.99. The summed E-state index contributed by atoms with van der Waals surface area (Å²) in [5.74, 6) is 0. The first-order valence-electron chi connectivity index (χ1n) is 9.17. The molecule has 0 heterocycles. The summed E-state index contributed by atoms with van der Waals surface area (Å²) in [6.07, 6.45) is 9.74. The highest BCUT2D eigenvalue weighted by Crippen LogP contribution is 2.26. The predicted molar refractivity (Wildman–Crippen MR) is 98.6 cm³/mol. The van der Waals surface area contributed by atoms with Gasteiger partial charge >= 0.3 is 10.4 Å². The Labute approximate surface area is 147 Å². The van der Waals surface area contributed by atoms with Crippen molar-refractivity contribution in [1.82, 2.24) is 0 Å². The van der Waals surface area contributed by atoms with Crippen LogP contribution in [0.2, 0.25) is 0 Å². The van der Waals surface area contributed by atoms with E-state index in [1.54, 1.807) is 0 Å². The first-order valence-corrected chi connectivity index (χ1v) is 10.5. The molecule has 0 saturated carbocycles. The summed E-state index contributed by atoms with van der Waals surface area (Å²) >= 11 is 0. The van der Waals surface area contributed by atoms with Crippen molar-refractivity contribution in [3.05, 3.63) is 34.4 Å². The lowest BCUT2D eigenvalue weighted by Gasteiger charge is -2.19. The average Bonchev–Trinajstić information content (AvgIpc) is 2.54. The molecule has 24 heavy (non-hydrogen) atoms. The van der Waals surface area contributed by atoms with Crippen molar-refractivity contribution >= 4 is 10.4 Å². The van der Waals surface area contributed by atoms with Crippen molar-refractivity contribution in [2.45, 2.75) is 85.2 Å². The Kier molecular flexibility index (Phi) is 9.56. The molecular formula is C19H32O4S. The van der Waals surface area contributed by atoms with E-state index in [-0.39, 0.29) is 6.61 Å². The number of aryl methyl sites for hydroxylation is 1. The van der Waals surface area contributed by atoms with Gasteiger partial charge in [0.15, 0.2) is 0 Å². The lowest BCUT2D eigenvalue weighted by Crippen LogP contribution is -2.09. The van der Waals surface area contributed by atoms with Crippen LogP contribution >= 0.6 is 0 Å². The topological polar surface area (TPSA) is 63.6 Å². The molecule has 4 nitrogen and oxygen atoms in total. The molecular weight excluding hydrogens is 324 g/mol. The van der Waals surface area contributed by atoms with E-state index >= 15 is 0 Å². The van der Waals surface area contributed by atoms with E-state index in [4.69, 9.17) is 4.55 Å². The zero-order chi connectivity index (χ0) is 18.0. The van der Waals surface area contributed by atoms with Crippen LogP contribution in [0.4, 0.5) is 0 Å². The Morgan fingerprint density at radius 2 is 1.29 bits per heavy atom. The summed E-state index contributed by atoms with van der Waals surface area (Å²) in [6.45, 7) is 6.44. The molecule has 0 atom stereocenters. The predicted octanol–water partition coefficient (Wildman–Crippen LogP) is 5.03. The normalized spacial score (nSPS) is 11.8. The SMILES string of the molecule is CCCCc1ccc(COS(=O)(=O)O)c(CCCC)c1CCCC. The van der Waals surface area contributed by atoms with Crippen LogP contribution in [0.5, 0.6) is 0 Å². The molecule has 0 saturated heterocycles. The molecule has 1 N–H and O–H groups in total. The Hall–Kier alpha value is -0.910. The fraction of sp³-hybridized carbons (Fsp3) is 0.684. The minimum atomic E-state index is -4.41. The summed E-state index contributed by atoms with van der Waals surface area (Å²) in [5, 5.41) is 0. The zero-order valence-electron chi connectivity index (χ0n) is 15.3. The van der Waals surface area contributed by atoms with Gasteiger partial charge in [0.25, 0.3) is 0 Å². The van der Waals surface area contributed by atoms with Gasteiger partial charge in [-0.25, -0.2) is 4.18 Å². The largest absolute Gasteiger partial charge is 0.397 e. The molecule has 0 aromatic heterocycles. The number of unbranched alkanes of at least 4 members (excludes halogenated alkanes) is 3. The van der Waals surface area contributed by atoms with Crippen LogP contribution in [-0.4, -0.2) is 13.0 Å². The minimum absolute atomic E-state index is 0.0922. The van der Waals surface area contributed by atoms with Crippen LogP contribution in [-0.2, 0) is 40.5 Å². The maximum atomic E-state index is 10.9. The maximum absolute atomic E-state index is 10.9. The summed E-state index contributed by atoms with van der Waals surface area (Å²) in [4.78, 5) is 0. The average molecular weight is 357 g/mol. The second-order valence-corrected chi connectivity index (χ2v) is 7.43. The number of hydrogen-bond acceptors (Lipinski definition) is 3. The van der Waals surface area contributed by atoms with Crippen molar-refractivity contribution < 1.29 is 17.2 Å². The van der Waals surface area contributed by atoms with Gasteiger partial charge in [0.1, 0.15) is 0 Å². The highest BCUT2D eigenvalue weighted by Gasteiger charge is 2.15. The highest BCUT2D eigenvalue weighted by atomic mass is 32.3. The monoisotopic (exact) mass is 356 g/mol. The molecule has 1 aromatic carbocycles. The standard InChI is InChI=1S/C19H32O4S/c1-4-7-10-16-13-14-17(15-23-24(20,21)22)19(12-9-6-3)18(16)11-8-5-2/h13-14H,4-12,15H2,1-3H3,(H,20,21,22). The third-order valence-corrected chi connectivity index (χ3v) is 4.76. The lowest BCUT2D eigenvalue weighted by molar-refractivity contribution is 0.258. The van der Waals surface area contributed by atoms with E-state index in [2.05, 4.69) is 31.0 Å². The number of hydrogen-bond donors (Lipinski definition) is 1. The van der Waals surface area contributed by atoms with Gasteiger partial charge in [-0.1, -0.05) is 52.2 Å². The van der Waals surface area contributed by atoms with Crippen molar-refractivity contribution in [1.29, 1.82) is 0 Å². The number of rotatable bonds is 12. The molecule has 0 aliphatic rings. The Bertz CT molecular complexity index is 594. The summed E-state index contributed by atoms with van der Waals surface area (Å²) in [5.41, 5.74) is 4.86. The van der Waals surface area contributed by atoms with Crippen LogP contribution in [0.15, 0.2) is 12.1 Å². The molecule has 1 aromatic rings. The molecule has 0 unspecified atom stereocenters. The van der Waals surface area contributed by atoms with Crippen LogP contribution in [0.1, 0.15) is 81.5 Å². The molecule has 0 radical (unpaired) electrons. The first-order chi connectivity index (χ1) is 11.4.